The van der Waals surface area contributed by atoms with Crippen molar-refractivity contribution in [3.63, 3.8) is 0 Å². The summed E-state index contributed by atoms with van der Waals surface area (Å²) in [4.78, 5) is 13.9. The average Bonchev–Trinajstić information content (AvgIpc) is 2.59. The number of rotatable bonds is 1. The molecule has 0 bridgehead atoms. The molecule has 0 atom stereocenters. The van der Waals surface area contributed by atoms with E-state index in [2.05, 4.69) is 16.0 Å². The van der Waals surface area contributed by atoms with E-state index < -0.39 is 0 Å². The lowest BCUT2D eigenvalue weighted by Crippen LogP contribution is -2.46. The van der Waals surface area contributed by atoms with Crippen molar-refractivity contribution in [1.82, 2.24) is 20.9 Å². The zero-order valence-corrected chi connectivity index (χ0v) is 14.0. The smallest absolute Gasteiger partial charge is 0.253 e. The number of carbonyl (C=O) groups excluding carboxylic acids is 1. The Morgan fingerprint density at radius 3 is 1.91 bits per heavy atom. The highest BCUT2D eigenvalue weighted by atomic mass is 35.5. The lowest BCUT2D eigenvalue weighted by Gasteiger charge is -2.27. The molecule has 0 spiro atoms. The second-order valence-electron chi connectivity index (χ2n) is 5.17. The predicted octanol–water partition coefficient (Wildman–Crippen LogP) is 1.22. The summed E-state index contributed by atoms with van der Waals surface area (Å²) >= 11 is 11.7. The fraction of sp³-hybridized carbons (Fsp3) is 0.533. The molecule has 0 aliphatic carbocycles. The maximum absolute atomic E-state index is 12.1. The summed E-state index contributed by atoms with van der Waals surface area (Å²) in [5.74, 6) is 0.0140. The number of amides is 1. The molecule has 2 heterocycles. The van der Waals surface area contributed by atoms with E-state index in [-0.39, 0.29) is 5.91 Å². The highest BCUT2D eigenvalue weighted by Gasteiger charge is 2.18. The molecule has 0 radical (unpaired) electrons. The highest BCUT2D eigenvalue weighted by Crippen LogP contribution is 2.23. The molecule has 1 aromatic rings. The lowest BCUT2D eigenvalue weighted by atomic mass is 10.2. The predicted molar refractivity (Wildman–Crippen MR) is 91.0 cm³/mol. The summed E-state index contributed by atoms with van der Waals surface area (Å²) in [5.41, 5.74) is 0.594. The van der Waals surface area contributed by atoms with E-state index in [4.69, 9.17) is 23.2 Å². The standard InChI is InChI=1S/C11H12Cl2N2O.C4H10N2/c12-9-2-1-8(7-10(9)13)11(16)15-5-3-14-4-6-15;1-2-6-4-3-5-1/h1-2,7,14H,3-6H2;5-6H,1-4H2. The first-order valence-electron chi connectivity index (χ1n) is 7.55. The monoisotopic (exact) mass is 344 g/mol. The molecule has 0 saturated carbocycles. The summed E-state index contributed by atoms with van der Waals surface area (Å²) in [6.07, 6.45) is 0. The van der Waals surface area contributed by atoms with Gasteiger partial charge >= 0.3 is 0 Å². The van der Waals surface area contributed by atoms with Gasteiger partial charge in [0.15, 0.2) is 0 Å². The molecule has 3 rings (SSSR count). The molecule has 5 nitrogen and oxygen atoms in total. The number of carbonyl (C=O) groups is 1. The van der Waals surface area contributed by atoms with Crippen LogP contribution in [0.3, 0.4) is 0 Å². The number of hydrogen-bond acceptors (Lipinski definition) is 4. The van der Waals surface area contributed by atoms with Gasteiger partial charge in [-0.05, 0) is 18.2 Å². The van der Waals surface area contributed by atoms with Gasteiger partial charge in [0.25, 0.3) is 5.91 Å². The van der Waals surface area contributed by atoms with Gasteiger partial charge in [-0.1, -0.05) is 23.2 Å². The molecule has 1 aromatic carbocycles. The first kappa shape index (κ1) is 17.5. The summed E-state index contributed by atoms with van der Waals surface area (Å²) in [7, 11) is 0. The lowest BCUT2D eigenvalue weighted by molar-refractivity contribution is 0.0736. The molecule has 7 heteroatoms. The van der Waals surface area contributed by atoms with E-state index in [0.29, 0.717) is 15.6 Å². The average molecular weight is 345 g/mol. The second-order valence-corrected chi connectivity index (χ2v) is 5.99. The van der Waals surface area contributed by atoms with Gasteiger partial charge in [-0.15, -0.1) is 0 Å². The molecular formula is C15H22Cl2N4O. The van der Waals surface area contributed by atoms with E-state index in [1.54, 1.807) is 18.2 Å². The van der Waals surface area contributed by atoms with Gasteiger partial charge in [0, 0.05) is 57.9 Å². The van der Waals surface area contributed by atoms with Crippen LogP contribution >= 0.6 is 23.2 Å². The van der Waals surface area contributed by atoms with Crippen molar-refractivity contribution >= 4 is 29.1 Å². The number of piperazine rings is 2. The van der Waals surface area contributed by atoms with Crippen molar-refractivity contribution < 1.29 is 4.79 Å². The first-order chi connectivity index (χ1) is 10.7. The summed E-state index contributed by atoms with van der Waals surface area (Å²) < 4.78 is 0. The Kier molecular flexibility index (Phi) is 7.42. The highest BCUT2D eigenvalue weighted by molar-refractivity contribution is 6.42. The topological polar surface area (TPSA) is 56.4 Å². The minimum absolute atomic E-state index is 0.0140. The normalized spacial score (nSPS) is 18.4. The Hall–Kier alpha value is -0.850. The molecule has 2 fully saturated rings. The maximum atomic E-state index is 12.1. The molecule has 0 unspecified atom stereocenters. The van der Waals surface area contributed by atoms with Crippen molar-refractivity contribution in [3.05, 3.63) is 33.8 Å². The maximum Gasteiger partial charge on any atom is 0.253 e. The van der Waals surface area contributed by atoms with Crippen molar-refractivity contribution in [2.75, 3.05) is 52.4 Å². The van der Waals surface area contributed by atoms with Crippen LogP contribution in [-0.4, -0.2) is 63.2 Å². The second kappa shape index (κ2) is 9.33. The Balaban J connectivity index is 0.000000246. The molecule has 122 valence electrons. The van der Waals surface area contributed by atoms with Gasteiger partial charge in [-0.25, -0.2) is 0 Å². The zero-order chi connectivity index (χ0) is 15.8. The molecule has 22 heavy (non-hydrogen) atoms. The largest absolute Gasteiger partial charge is 0.336 e. The Morgan fingerprint density at radius 1 is 0.864 bits per heavy atom. The van der Waals surface area contributed by atoms with Crippen LogP contribution in [0.25, 0.3) is 0 Å². The third kappa shape index (κ3) is 5.41. The number of nitrogens with zero attached hydrogens (tertiary/aromatic N) is 1. The van der Waals surface area contributed by atoms with Crippen molar-refractivity contribution in [2.45, 2.75) is 0 Å². The number of benzene rings is 1. The minimum atomic E-state index is 0.0140. The molecule has 2 aliphatic rings. The van der Waals surface area contributed by atoms with Gasteiger partial charge in [0.2, 0.25) is 0 Å². The van der Waals surface area contributed by atoms with Crippen molar-refractivity contribution in [1.29, 1.82) is 0 Å². The van der Waals surface area contributed by atoms with Gasteiger partial charge in [-0.2, -0.15) is 0 Å². The van der Waals surface area contributed by atoms with Crippen LogP contribution in [0.15, 0.2) is 18.2 Å². The summed E-state index contributed by atoms with van der Waals surface area (Å²) in [5, 5.41) is 10.5. The quantitative estimate of drug-likeness (QED) is 0.716. The molecule has 3 N–H and O–H groups in total. The van der Waals surface area contributed by atoms with Crippen LogP contribution in [0.1, 0.15) is 10.4 Å². The first-order valence-corrected chi connectivity index (χ1v) is 8.30. The van der Waals surface area contributed by atoms with E-state index in [9.17, 15) is 4.79 Å². The number of nitrogens with one attached hydrogen (secondary N) is 3. The van der Waals surface area contributed by atoms with Gasteiger partial charge in [0.05, 0.1) is 10.0 Å². The van der Waals surface area contributed by atoms with E-state index in [1.165, 1.54) is 0 Å². The molecule has 0 aromatic heterocycles. The fourth-order valence-electron chi connectivity index (χ4n) is 2.28. The Morgan fingerprint density at radius 2 is 1.41 bits per heavy atom. The molecule has 2 aliphatic heterocycles. The van der Waals surface area contributed by atoms with E-state index >= 15 is 0 Å². The fourth-order valence-corrected chi connectivity index (χ4v) is 2.58. The van der Waals surface area contributed by atoms with E-state index in [1.807, 2.05) is 4.90 Å². The van der Waals surface area contributed by atoms with Crippen LogP contribution in [0.5, 0.6) is 0 Å². The number of halogens is 2. The summed E-state index contributed by atoms with van der Waals surface area (Å²) in [6, 6.07) is 4.98. The molecule has 2 saturated heterocycles. The molecule has 1 amide bonds. The van der Waals surface area contributed by atoms with Crippen LogP contribution in [0, 0.1) is 0 Å². The van der Waals surface area contributed by atoms with Crippen molar-refractivity contribution in [2.24, 2.45) is 0 Å². The Labute approximate surface area is 141 Å². The number of hydrogen-bond donors (Lipinski definition) is 3. The minimum Gasteiger partial charge on any atom is -0.336 e. The van der Waals surface area contributed by atoms with Crippen LogP contribution in [-0.2, 0) is 0 Å². The van der Waals surface area contributed by atoms with Crippen LogP contribution in [0.2, 0.25) is 10.0 Å². The molecular weight excluding hydrogens is 323 g/mol. The van der Waals surface area contributed by atoms with Gasteiger partial charge in [-0.3, -0.25) is 4.79 Å². The van der Waals surface area contributed by atoms with E-state index in [0.717, 1.165) is 52.4 Å². The third-order valence-electron chi connectivity index (χ3n) is 3.53. The Bertz CT molecular complexity index is 477. The van der Waals surface area contributed by atoms with Gasteiger partial charge in [0.1, 0.15) is 0 Å². The van der Waals surface area contributed by atoms with Gasteiger partial charge < -0.3 is 20.9 Å². The SMILES string of the molecule is C1CNCCN1.O=C(c1ccc(Cl)c(Cl)c1)N1CCNCC1. The third-order valence-corrected chi connectivity index (χ3v) is 4.27. The van der Waals surface area contributed by atoms with Crippen LogP contribution < -0.4 is 16.0 Å². The van der Waals surface area contributed by atoms with Crippen LogP contribution in [0.4, 0.5) is 0 Å². The van der Waals surface area contributed by atoms with Crippen molar-refractivity contribution in [3.8, 4) is 0 Å². The summed E-state index contributed by atoms with van der Waals surface area (Å²) in [6.45, 7) is 7.71. The zero-order valence-electron chi connectivity index (χ0n) is 12.5.